The van der Waals surface area contributed by atoms with Gasteiger partial charge in [-0.3, -0.25) is 4.90 Å². The van der Waals surface area contributed by atoms with E-state index < -0.39 is 16.1 Å². The molecule has 0 aromatic heterocycles. The van der Waals surface area contributed by atoms with Crippen molar-refractivity contribution in [3.63, 3.8) is 0 Å². The third-order valence-electron chi connectivity index (χ3n) is 5.97. The molecule has 1 aliphatic rings. The Labute approximate surface area is 207 Å². The molecule has 0 saturated carbocycles. The van der Waals surface area contributed by atoms with Crippen LogP contribution in [0.2, 0.25) is 0 Å². The number of fused-ring (bicyclic) bond motifs is 1. The second kappa shape index (κ2) is 12.0. The molecule has 0 radical (unpaired) electrons. The van der Waals surface area contributed by atoms with Crippen molar-refractivity contribution in [3.05, 3.63) is 59.4 Å². The molecule has 1 heterocycles. The highest BCUT2D eigenvalue weighted by molar-refractivity contribution is 7.89. The van der Waals surface area contributed by atoms with E-state index in [-0.39, 0.29) is 48.2 Å². The van der Waals surface area contributed by atoms with E-state index in [1.54, 1.807) is 38.3 Å². The van der Waals surface area contributed by atoms with Crippen LogP contribution in [-0.2, 0) is 21.3 Å². The van der Waals surface area contributed by atoms with Crippen molar-refractivity contribution in [2.24, 2.45) is 5.92 Å². The van der Waals surface area contributed by atoms with Gasteiger partial charge in [0.15, 0.2) is 0 Å². The molecule has 190 valence electrons. The molecule has 0 amide bonds. The molecule has 0 saturated heterocycles. The van der Waals surface area contributed by atoms with E-state index in [0.717, 1.165) is 5.56 Å². The Balaban J connectivity index is 1.95. The number of hydrogen-bond donors (Lipinski definition) is 1. The van der Waals surface area contributed by atoms with Gasteiger partial charge in [0, 0.05) is 44.3 Å². The minimum atomic E-state index is -3.91. The molecule has 0 spiro atoms. The van der Waals surface area contributed by atoms with Crippen LogP contribution in [0.5, 0.6) is 5.75 Å². The molecular formula is C26H33FN2O5S. The fraction of sp³-hybridized carbons (Fsp3) is 0.462. The predicted octanol–water partition coefficient (Wildman–Crippen LogP) is 2.72. The smallest absolute Gasteiger partial charge is 0.247 e. The molecular weight excluding hydrogens is 471 g/mol. The van der Waals surface area contributed by atoms with E-state index in [1.807, 2.05) is 14.0 Å². The number of sulfonamides is 1. The zero-order valence-electron chi connectivity index (χ0n) is 20.6. The summed E-state index contributed by atoms with van der Waals surface area (Å²) >= 11 is 0. The lowest BCUT2D eigenvalue weighted by atomic mass is 10.0. The molecule has 0 unspecified atom stereocenters. The monoisotopic (exact) mass is 504 g/mol. The van der Waals surface area contributed by atoms with Crippen molar-refractivity contribution in [2.75, 3.05) is 40.5 Å². The van der Waals surface area contributed by atoms with E-state index in [2.05, 4.69) is 16.7 Å². The van der Waals surface area contributed by atoms with Crippen LogP contribution >= 0.6 is 0 Å². The quantitative estimate of drug-likeness (QED) is 0.585. The SMILES string of the molecule is COCC#Cc1ccc2c(c1)O[C@@H](CN(C)Cc1ccc(F)cc1)[C@@H](C)CN([C@@H](C)CO)S2(=O)=O. The third kappa shape index (κ3) is 6.81. The summed E-state index contributed by atoms with van der Waals surface area (Å²) in [4.78, 5) is 2.11. The summed E-state index contributed by atoms with van der Waals surface area (Å²) in [7, 11) is -0.414. The first-order chi connectivity index (χ1) is 16.6. The summed E-state index contributed by atoms with van der Waals surface area (Å²) in [6.07, 6.45) is -0.342. The van der Waals surface area contributed by atoms with Crippen molar-refractivity contribution in [2.45, 2.75) is 37.4 Å². The number of likely N-dealkylation sites (N-methyl/N-ethyl adjacent to an activating group) is 1. The normalized spacial score (nSPS) is 20.7. The predicted molar refractivity (Wildman–Crippen MR) is 132 cm³/mol. The van der Waals surface area contributed by atoms with Crippen LogP contribution in [0, 0.1) is 23.6 Å². The number of aliphatic hydroxyl groups is 1. The summed E-state index contributed by atoms with van der Waals surface area (Å²) in [6.45, 7) is 4.89. The van der Waals surface area contributed by atoms with Gasteiger partial charge in [-0.05, 0) is 49.9 Å². The highest BCUT2D eigenvalue weighted by atomic mass is 32.2. The average Bonchev–Trinajstić information content (AvgIpc) is 2.82. The Kier molecular flexibility index (Phi) is 9.27. The lowest BCUT2D eigenvalue weighted by molar-refractivity contribution is 0.0733. The Morgan fingerprint density at radius 3 is 2.66 bits per heavy atom. The highest BCUT2D eigenvalue weighted by Crippen LogP contribution is 2.34. The van der Waals surface area contributed by atoms with Gasteiger partial charge < -0.3 is 14.6 Å². The van der Waals surface area contributed by atoms with Crippen LogP contribution < -0.4 is 4.74 Å². The van der Waals surface area contributed by atoms with Gasteiger partial charge in [-0.15, -0.1) is 0 Å². The van der Waals surface area contributed by atoms with E-state index in [1.165, 1.54) is 22.5 Å². The van der Waals surface area contributed by atoms with Gasteiger partial charge in [0.05, 0.1) is 6.61 Å². The molecule has 1 aliphatic heterocycles. The number of hydrogen-bond acceptors (Lipinski definition) is 6. The molecule has 1 N–H and O–H groups in total. The fourth-order valence-electron chi connectivity index (χ4n) is 4.00. The van der Waals surface area contributed by atoms with Crippen molar-refractivity contribution in [1.82, 2.24) is 9.21 Å². The fourth-order valence-corrected chi connectivity index (χ4v) is 5.83. The summed E-state index contributed by atoms with van der Waals surface area (Å²) < 4.78 is 53.0. The molecule has 0 fully saturated rings. The van der Waals surface area contributed by atoms with Gasteiger partial charge >= 0.3 is 0 Å². The number of rotatable bonds is 7. The van der Waals surface area contributed by atoms with Crippen molar-refractivity contribution < 1.29 is 27.4 Å². The maximum Gasteiger partial charge on any atom is 0.247 e. The Morgan fingerprint density at radius 1 is 1.29 bits per heavy atom. The number of nitrogens with zero attached hydrogens (tertiary/aromatic N) is 2. The number of methoxy groups -OCH3 is 1. The van der Waals surface area contributed by atoms with Crippen molar-refractivity contribution in [1.29, 1.82) is 0 Å². The summed E-state index contributed by atoms with van der Waals surface area (Å²) in [5.41, 5.74) is 1.58. The highest BCUT2D eigenvalue weighted by Gasteiger charge is 2.38. The van der Waals surface area contributed by atoms with E-state index in [0.29, 0.717) is 18.7 Å². The van der Waals surface area contributed by atoms with E-state index >= 15 is 0 Å². The minimum Gasteiger partial charge on any atom is -0.487 e. The van der Waals surface area contributed by atoms with E-state index in [4.69, 9.17) is 9.47 Å². The Hall–Kier alpha value is -2.48. The zero-order valence-corrected chi connectivity index (χ0v) is 21.4. The molecule has 7 nitrogen and oxygen atoms in total. The maximum atomic E-state index is 13.5. The Bertz CT molecular complexity index is 1160. The molecule has 35 heavy (non-hydrogen) atoms. The van der Waals surface area contributed by atoms with Crippen LogP contribution in [0.4, 0.5) is 4.39 Å². The van der Waals surface area contributed by atoms with Gasteiger partial charge in [-0.25, -0.2) is 12.8 Å². The first kappa shape index (κ1) is 27.1. The van der Waals surface area contributed by atoms with Crippen molar-refractivity contribution >= 4 is 10.0 Å². The number of ether oxygens (including phenoxy) is 2. The Morgan fingerprint density at radius 2 is 2.00 bits per heavy atom. The average molecular weight is 505 g/mol. The minimum absolute atomic E-state index is 0.0492. The third-order valence-corrected chi connectivity index (χ3v) is 7.99. The molecule has 3 atom stereocenters. The molecule has 2 aromatic carbocycles. The van der Waals surface area contributed by atoms with Crippen LogP contribution in [0.15, 0.2) is 47.4 Å². The van der Waals surface area contributed by atoms with Crippen LogP contribution in [0.3, 0.4) is 0 Å². The first-order valence-electron chi connectivity index (χ1n) is 11.5. The molecule has 3 rings (SSSR count). The van der Waals surface area contributed by atoms with Gasteiger partial charge in [0.2, 0.25) is 10.0 Å². The summed E-state index contributed by atoms with van der Waals surface area (Å²) in [5.74, 6) is 5.61. The molecule has 0 bridgehead atoms. The summed E-state index contributed by atoms with van der Waals surface area (Å²) in [5, 5.41) is 9.77. The van der Waals surface area contributed by atoms with Crippen LogP contribution in [0.1, 0.15) is 25.0 Å². The van der Waals surface area contributed by atoms with Crippen molar-refractivity contribution in [3.8, 4) is 17.6 Å². The second-order valence-electron chi connectivity index (χ2n) is 8.96. The number of benzene rings is 2. The van der Waals surface area contributed by atoms with Gasteiger partial charge in [0.25, 0.3) is 0 Å². The maximum absolute atomic E-state index is 13.5. The molecule has 9 heteroatoms. The molecule has 0 aliphatic carbocycles. The largest absolute Gasteiger partial charge is 0.487 e. The zero-order chi connectivity index (χ0) is 25.6. The number of halogens is 1. The lowest BCUT2D eigenvalue weighted by Gasteiger charge is -2.37. The number of aliphatic hydroxyl groups excluding tert-OH is 1. The van der Waals surface area contributed by atoms with Gasteiger partial charge in [-0.2, -0.15) is 4.31 Å². The van der Waals surface area contributed by atoms with Crippen LogP contribution in [-0.4, -0.2) is 75.3 Å². The second-order valence-corrected chi connectivity index (χ2v) is 10.8. The van der Waals surface area contributed by atoms with E-state index in [9.17, 15) is 17.9 Å². The topological polar surface area (TPSA) is 79.3 Å². The lowest BCUT2D eigenvalue weighted by Crippen LogP contribution is -2.49. The first-order valence-corrected chi connectivity index (χ1v) is 12.9. The summed E-state index contributed by atoms with van der Waals surface area (Å²) in [6, 6.07) is 10.5. The van der Waals surface area contributed by atoms with Crippen LogP contribution in [0.25, 0.3) is 0 Å². The molecule has 2 aromatic rings. The van der Waals surface area contributed by atoms with Gasteiger partial charge in [0.1, 0.15) is 29.2 Å². The van der Waals surface area contributed by atoms with Gasteiger partial charge in [-0.1, -0.05) is 30.9 Å². The standard InChI is InChI=1S/C26H33FN2O5S/c1-19-15-29(20(2)18-30)35(31,32)26-12-9-21(6-5-13-33-4)14-24(26)34-25(19)17-28(3)16-22-7-10-23(27)11-8-22/h7-12,14,19-20,25,30H,13,15-18H2,1-4H3/t19-,20-,25-/m0/s1.